The second-order valence-corrected chi connectivity index (χ2v) is 10.4. The van der Waals surface area contributed by atoms with Crippen LogP contribution in [0.2, 0.25) is 0 Å². The third-order valence-corrected chi connectivity index (χ3v) is 6.09. The van der Waals surface area contributed by atoms with Gasteiger partial charge in [-0.2, -0.15) is 0 Å². The number of carbonyl (C=O) groups excluding carboxylic acids is 3. The summed E-state index contributed by atoms with van der Waals surface area (Å²) in [5.41, 5.74) is 1.08. The van der Waals surface area contributed by atoms with Gasteiger partial charge in [0.2, 0.25) is 5.91 Å². The van der Waals surface area contributed by atoms with E-state index in [4.69, 9.17) is 4.74 Å². The Bertz CT molecular complexity index is 1330. The summed E-state index contributed by atoms with van der Waals surface area (Å²) in [5, 5.41) is 17.6. The first kappa shape index (κ1) is 26.0. The van der Waals surface area contributed by atoms with Crippen LogP contribution in [-0.2, 0) is 14.3 Å². The summed E-state index contributed by atoms with van der Waals surface area (Å²) < 4.78 is 5.25. The molecule has 0 radical (unpaired) electrons. The van der Waals surface area contributed by atoms with Gasteiger partial charge in [-0.1, -0.05) is 36.4 Å². The van der Waals surface area contributed by atoms with Gasteiger partial charge in [-0.3, -0.25) is 9.59 Å². The van der Waals surface area contributed by atoms with Crippen LogP contribution in [0.1, 0.15) is 50.8 Å². The minimum atomic E-state index is -0.953. The maximum atomic E-state index is 13.8. The Kier molecular flexibility index (Phi) is 7.38. The highest BCUT2D eigenvalue weighted by atomic mass is 16.6. The predicted octanol–water partition coefficient (Wildman–Crippen LogP) is 5.05. The van der Waals surface area contributed by atoms with Crippen LogP contribution < -0.4 is 10.6 Å². The number of nitrogens with zero attached hydrogens (tertiary/aromatic N) is 1. The van der Waals surface area contributed by atoms with E-state index in [0.717, 1.165) is 23.6 Å². The van der Waals surface area contributed by atoms with Gasteiger partial charge in [-0.15, -0.1) is 0 Å². The molecular formula is C29H33N3O5. The van der Waals surface area contributed by atoms with Crippen LogP contribution in [0.15, 0.2) is 60.7 Å². The molecule has 0 spiro atoms. The average molecular weight is 504 g/mol. The standard InChI is InChI=1S/C29H33N3O5/c1-18-15-21(10-14-24(18)33)26(27(35)31-22-11-9-19-7-5-6-8-20(19)16-22)32(23-12-13-23)25(34)17-30-28(36)37-29(2,3)4/h5-11,14-16,23,26,33H,12-13,17H2,1-4H3,(H,30,36)(H,31,35). The Morgan fingerprint density at radius 3 is 2.38 bits per heavy atom. The molecule has 3 N–H and O–H groups in total. The molecule has 1 aliphatic carbocycles. The highest BCUT2D eigenvalue weighted by Gasteiger charge is 2.41. The van der Waals surface area contributed by atoms with Gasteiger partial charge in [0.1, 0.15) is 23.9 Å². The van der Waals surface area contributed by atoms with E-state index < -0.39 is 23.6 Å². The number of alkyl carbamates (subject to hydrolysis) is 1. The second kappa shape index (κ2) is 10.5. The number of aryl methyl sites for hydroxylation is 1. The lowest BCUT2D eigenvalue weighted by molar-refractivity contribution is -0.138. The van der Waals surface area contributed by atoms with Crippen LogP contribution in [-0.4, -0.2) is 46.1 Å². The van der Waals surface area contributed by atoms with Crippen molar-refractivity contribution in [3.63, 3.8) is 0 Å². The Morgan fingerprint density at radius 2 is 1.73 bits per heavy atom. The van der Waals surface area contributed by atoms with E-state index in [2.05, 4.69) is 10.6 Å². The summed E-state index contributed by atoms with van der Waals surface area (Å²) in [6.07, 6.45) is 0.818. The number of hydrogen-bond acceptors (Lipinski definition) is 5. The molecule has 3 aromatic rings. The van der Waals surface area contributed by atoms with Crippen LogP contribution in [0.5, 0.6) is 5.75 Å². The smallest absolute Gasteiger partial charge is 0.408 e. The van der Waals surface area contributed by atoms with Crippen molar-refractivity contribution in [3.8, 4) is 5.75 Å². The van der Waals surface area contributed by atoms with Gasteiger partial charge >= 0.3 is 6.09 Å². The summed E-state index contributed by atoms with van der Waals surface area (Å²) >= 11 is 0. The van der Waals surface area contributed by atoms with Crippen LogP contribution in [0.4, 0.5) is 10.5 Å². The Hall–Kier alpha value is -4.07. The number of nitrogens with one attached hydrogen (secondary N) is 2. The lowest BCUT2D eigenvalue weighted by Crippen LogP contribution is -2.47. The maximum absolute atomic E-state index is 13.8. The zero-order valence-electron chi connectivity index (χ0n) is 21.6. The second-order valence-electron chi connectivity index (χ2n) is 10.4. The van der Waals surface area contributed by atoms with Crippen molar-refractivity contribution in [2.24, 2.45) is 0 Å². The van der Waals surface area contributed by atoms with E-state index in [9.17, 15) is 19.5 Å². The average Bonchev–Trinajstić information content (AvgIpc) is 3.66. The van der Waals surface area contributed by atoms with Crippen LogP contribution in [0, 0.1) is 6.92 Å². The van der Waals surface area contributed by atoms with Crippen LogP contribution in [0.3, 0.4) is 0 Å². The Morgan fingerprint density at radius 1 is 1.03 bits per heavy atom. The van der Waals surface area contributed by atoms with Gasteiger partial charge in [0.15, 0.2) is 0 Å². The molecule has 1 atom stereocenters. The third kappa shape index (κ3) is 6.58. The fourth-order valence-electron chi connectivity index (χ4n) is 4.23. The first-order valence-corrected chi connectivity index (χ1v) is 12.4. The normalized spacial score (nSPS) is 14.1. The topological polar surface area (TPSA) is 108 Å². The van der Waals surface area contributed by atoms with E-state index in [-0.39, 0.29) is 24.2 Å². The van der Waals surface area contributed by atoms with Gasteiger partial charge in [-0.25, -0.2) is 4.79 Å². The summed E-state index contributed by atoms with van der Waals surface area (Å²) in [6.45, 7) is 6.66. The molecule has 8 nitrogen and oxygen atoms in total. The van der Waals surface area contributed by atoms with Crippen LogP contribution >= 0.6 is 0 Å². The minimum Gasteiger partial charge on any atom is -0.508 e. The number of aromatic hydroxyl groups is 1. The molecule has 0 aromatic heterocycles. The molecule has 1 saturated carbocycles. The molecule has 0 heterocycles. The molecule has 0 bridgehead atoms. The number of phenolic OH excluding ortho intramolecular Hbond substituents is 1. The van der Waals surface area contributed by atoms with Gasteiger partial charge in [0.05, 0.1) is 0 Å². The zero-order valence-corrected chi connectivity index (χ0v) is 21.6. The van der Waals surface area contributed by atoms with Crippen molar-refractivity contribution >= 4 is 34.4 Å². The van der Waals surface area contributed by atoms with E-state index in [0.29, 0.717) is 16.8 Å². The fourth-order valence-corrected chi connectivity index (χ4v) is 4.23. The quantitative estimate of drug-likeness (QED) is 0.418. The van der Waals surface area contributed by atoms with Crippen molar-refractivity contribution in [1.82, 2.24) is 10.2 Å². The van der Waals surface area contributed by atoms with Gasteiger partial charge < -0.3 is 25.4 Å². The Balaban J connectivity index is 1.62. The number of amides is 3. The number of fused-ring (bicyclic) bond motifs is 1. The van der Waals surface area contributed by atoms with Gasteiger partial charge in [-0.05, 0) is 86.7 Å². The molecule has 3 aromatic carbocycles. The Labute approximate surface area is 216 Å². The largest absolute Gasteiger partial charge is 0.508 e. The molecule has 0 saturated heterocycles. The number of phenols is 1. The molecule has 3 amide bonds. The number of carbonyl (C=O) groups is 3. The number of ether oxygens (including phenoxy) is 1. The zero-order chi connectivity index (χ0) is 26.7. The van der Waals surface area contributed by atoms with Gasteiger partial charge in [0.25, 0.3) is 5.91 Å². The summed E-state index contributed by atoms with van der Waals surface area (Å²) in [6, 6.07) is 17.3. The summed E-state index contributed by atoms with van der Waals surface area (Å²) in [7, 11) is 0. The molecule has 0 aliphatic heterocycles. The lowest BCUT2D eigenvalue weighted by atomic mass is 10.0. The molecule has 1 unspecified atom stereocenters. The van der Waals surface area contributed by atoms with Crippen molar-refractivity contribution in [2.75, 3.05) is 11.9 Å². The minimum absolute atomic E-state index is 0.105. The molecule has 8 heteroatoms. The first-order valence-electron chi connectivity index (χ1n) is 12.4. The van der Waals surface area contributed by atoms with E-state index in [1.807, 2.05) is 42.5 Å². The molecular weight excluding hydrogens is 470 g/mol. The SMILES string of the molecule is Cc1cc(C(C(=O)Nc2ccc3ccccc3c2)N(C(=O)CNC(=O)OC(C)(C)C)C2CC2)ccc1O. The van der Waals surface area contributed by atoms with Gasteiger partial charge in [0, 0.05) is 11.7 Å². The lowest BCUT2D eigenvalue weighted by Gasteiger charge is -2.32. The maximum Gasteiger partial charge on any atom is 0.408 e. The van der Waals surface area contributed by atoms with Crippen LogP contribution in [0.25, 0.3) is 10.8 Å². The number of rotatable bonds is 7. The van der Waals surface area contributed by atoms with Crippen molar-refractivity contribution < 1.29 is 24.2 Å². The highest BCUT2D eigenvalue weighted by Crippen LogP contribution is 2.36. The van der Waals surface area contributed by atoms with Crippen molar-refractivity contribution in [3.05, 3.63) is 71.8 Å². The highest BCUT2D eigenvalue weighted by molar-refractivity contribution is 6.00. The summed E-state index contributed by atoms with van der Waals surface area (Å²) in [4.78, 5) is 40.9. The number of hydrogen-bond donors (Lipinski definition) is 3. The predicted molar refractivity (Wildman–Crippen MR) is 142 cm³/mol. The number of anilines is 1. The van der Waals surface area contributed by atoms with Crippen molar-refractivity contribution in [2.45, 2.75) is 58.2 Å². The van der Waals surface area contributed by atoms with E-state index >= 15 is 0 Å². The fraction of sp³-hybridized carbons (Fsp3) is 0.345. The monoisotopic (exact) mass is 503 g/mol. The molecule has 1 aliphatic rings. The number of benzene rings is 3. The third-order valence-electron chi connectivity index (χ3n) is 6.09. The first-order chi connectivity index (χ1) is 17.5. The van der Waals surface area contributed by atoms with Crippen molar-refractivity contribution in [1.29, 1.82) is 0 Å². The van der Waals surface area contributed by atoms with E-state index in [1.54, 1.807) is 44.7 Å². The molecule has 1 fully saturated rings. The molecule has 4 rings (SSSR count). The molecule has 37 heavy (non-hydrogen) atoms. The van der Waals surface area contributed by atoms with E-state index in [1.165, 1.54) is 6.07 Å². The molecule has 194 valence electrons. The summed E-state index contributed by atoms with van der Waals surface area (Å²) in [5.74, 6) is -0.663.